The Kier molecular flexibility index (Phi) is 3.21. The smallest absolute Gasteiger partial charge is 0.0463 e. The van der Waals surface area contributed by atoms with Crippen LogP contribution >= 0.6 is 0 Å². The van der Waals surface area contributed by atoms with Gasteiger partial charge in [0.1, 0.15) is 0 Å². The Morgan fingerprint density at radius 1 is 1.11 bits per heavy atom. The molecule has 19 heavy (non-hydrogen) atoms. The van der Waals surface area contributed by atoms with Crippen molar-refractivity contribution in [2.75, 3.05) is 6.54 Å². The number of nitrogens with two attached hydrogens (primary N) is 1. The van der Waals surface area contributed by atoms with Gasteiger partial charge in [-0.3, -0.25) is 0 Å². The van der Waals surface area contributed by atoms with E-state index in [1.54, 1.807) is 0 Å². The number of fused-ring (bicyclic) bond motifs is 1. The molecule has 3 nitrogen and oxygen atoms in total. The van der Waals surface area contributed by atoms with Gasteiger partial charge >= 0.3 is 0 Å². The van der Waals surface area contributed by atoms with Crippen LogP contribution < -0.4 is 11.1 Å². The second kappa shape index (κ2) is 5.16. The van der Waals surface area contributed by atoms with E-state index in [1.165, 1.54) is 16.5 Å². The third-order valence-corrected chi connectivity index (χ3v) is 3.31. The lowest BCUT2D eigenvalue weighted by atomic mass is 10.1. The van der Waals surface area contributed by atoms with Gasteiger partial charge in [0.25, 0.3) is 0 Å². The number of allylic oxidation sites excluding steroid dienone is 4. The second-order valence-corrected chi connectivity index (χ2v) is 4.58. The molecule has 0 aliphatic carbocycles. The second-order valence-electron chi connectivity index (χ2n) is 4.58. The van der Waals surface area contributed by atoms with E-state index in [-0.39, 0.29) is 0 Å². The van der Waals surface area contributed by atoms with Crippen molar-refractivity contribution in [3.8, 4) is 0 Å². The molecule has 0 saturated carbocycles. The van der Waals surface area contributed by atoms with Crippen molar-refractivity contribution in [2.45, 2.75) is 6.42 Å². The summed E-state index contributed by atoms with van der Waals surface area (Å²) < 4.78 is 0. The van der Waals surface area contributed by atoms with E-state index in [0.717, 1.165) is 17.6 Å². The molecule has 0 unspecified atom stereocenters. The van der Waals surface area contributed by atoms with Gasteiger partial charge in [0.15, 0.2) is 0 Å². The van der Waals surface area contributed by atoms with E-state index in [2.05, 4.69) is 40.8 Å². The van der Waals surface area contributed by atoms with Crippen LogP contribution in [-0.4, -0.2) is 11.5 Å². The number of nitrogens with one attached hydrogen (secondary N) is 2. The molecule has 1 aromatic heterocycles. The molecule has 1 aromatic carbocycles. The van der Waals surface area contributed by atoms with E-state index >= 15 is 0 Å². The van der Waals surface area contributed by atoms with Gasteiger partial charge in [-0.25, -0.2) is 0 Å². The molecule has 0 atom stereocenters. The normalized spacial score (nSPS) is 14.3. The average Bonchev–Trinajstić information content (AvgIpc) is 2.66. The van der Waals surface area contributed by atoms with E-state index < -0.39 is 0 Å². The summed E-state index contributed by atoms with van der Waals surface area (Å²) in [6.07, 6.45) is 13.0. The van der Waals surface area contributed by atoms with E-state index in [4.69, 9.17) is 5.73 Å². The van der Waals surface area contributed by atoms with Crippen LogP contribution in [0.2, 0.25) is 0 Å². The summed E-state index contributed by atoms with van der Waals surface area (Å²) in [5.74, 6) is 0. The summed E-state index contributed by atoms with van der Waals surface area (Å²) in [7, 11) is 0. The highest BCUT2D eigenvalue weighted by Crippen LogP contribution is 2.23. The molecule has 1 aliphatic heterocycles. The van der Waals surface area contributed by atoms with Crippen LogP contribution in [0.5, 0.6) is 0 Å². The van der Waals surface area contributed by atoms with Gasteiger partial charge < -0.3 is 16.0 Å². The SMILES string of the molecule is NCCc1c[nH]c2cc(C3=CC=CC=CN3)ccc12. The van der Waals surface area contributed by atoms with Crippen LogP contribution in [0, 0.1) is 0 Å². The minimum Gasteiger partial charge on any atom is -0.361 e. The Morgan fingerprint density at radius 2 is 2.05 bits per heavy atom. The fraction of sp³-hybridized carbons (Fsp3) is 0.125. The highest BCUT2D eigenvalue weighted by molar-refractivity contribution is 5.86. The minimum absolute atomic E-state index is 0.678. The zero-order valence-electron chi connectivity index (χ0n) is 10.7. The Morgan fingerprint density at radius 3 is 2.95 bits per heavy atom. The van der Waals surface area contributed by atoms with Gasteiger partial charge in [-0.2, -0.15) is 0 Å². The number of hydrogen-bond donors (Lipinski definition) is 3. The van der Waals surface area contributed by atoms with Crippen LogP contribution in [0.1, 0.15) is 11.1 Å². The van der Waals surface area contributed by atoms with E-state index in [9.17, 15) is 0 Å². The Balaban J connectivity index is 2.00. The van der Waals surface area contributed by atoms with Gasteiger partial charge in [0, 0.05) is 34.6 Å². The van der Waals surface area contributed by atoms with Crippen LogP contribution in [0.3, 0.4) is 0 Å². The molecule has 0 saturated heterocycles. The standard InChI is InChI=1S/C16H17N3/c17-8-7-13-11-19-16-10-12(5-6-14(13)16)15-4-2-1-3-9-18-15/h1-6,9-11,18-19H,7-8,17H2. The van der Waals surface area contributed by atoms with Crippen molar-refractivity contribution in [3.05, 3.63) is 66.0 Å². The van der Waals surface area contributed by atoms with Crippen LogP contribution in [0.25, 0.3) is 16.6 Å². The fourth-order valence-electron chi connectivity index (χ4n) is 2.35. The molecule has 0 bridgehead atoms. The summed E-state index contributed by atoms with van der Waals surface area (Å²) in [6, 6.07) is 6.47. The molecule has 3 heteroatoms. The quantitative estimate of drug-likeness (QED) is 0.785. The van der Waals surface area contributed by atoms with E-state index in [1.807, 2.05) is 24.4 Å². The van der Waals surface area contributed by atoms with Crippen molar-refractivity contribution in [3.63, 3.8) is 0 Å². The van der Waals surface area contributed by atoms with Crippen molar-refractivity contribution in [2.24, 2.45) is 5.73 Å². The third-order valence-electron chi connectivity index (χ3n) is 3.31. The minimum atomic E-state index is 0.678. The lowest BCUT2D eigenvalue weighted by molar-refractivity contribution is 0.976. The Bertz CT molecular complexity index is 674. The van der Waals surface area contributed by atoms with Crippen LogP contribution in [0.15, 0.2) is 54.9 Å². The molecule has 96 valence electrons. The number of benzene rings is 1. The predicted molar refractivity (Wildman–Crippen MR) is 80.4 cm³/mol. The largest absolute Gasteiger partial charge is 0.361 e. The number of rotatable bonds is 3. The molecule has 2 aromatic rings. The molecule has 0 spiro atoms. The summed E-state index contributed by atoms with van der Waals surface area (Å²) >= 11 is 0. The van der Waals surface area contributed by atoms with Crippen molar-refractivity contribution in [1.82, 2.24) is 10.3 Å². The number of hydrogen-bond acceptors (Lipinski definition) is 2. The maximum Gasteiger partial charge on any atom is 0.0463 e. The lowest BCUT2D eigenvalue weighted by Crippen LogP contribution is -2.03. The summed E-state index contributed by atoms with van der Waals surface area (Å²) in [4.78, 5) is 3.32. The highest BCUT2D eigenvalue weighted by Gasteiger charge is 2.06. The molecular formula is C16H17N3. The summed E-state index contributed by atoms with van der Waals surface area (Å²) in [5.41, 5.74) is 10.3. The van der Waals surface area contributed by atoms with Gasteiger partial charge in [0.05, 0.1) is 0 Å². The van der Waals surface area contributed by atoms with Crippen molar-refractivity contribution >= 4 is 16.6 Å². The molecule has 2 heterocycles. The number of aromatic nitrogens is 1. The monoisotopic (exact) mass is 251 g/mol. The van der Waals surface area contributed by atoms with Crippen LogP contribution in [-0.2, 0) is 6.42 Å². The van der Waals surface area contributed by atoms with Gasteiger partial charge in [0.2, 0.25) is 0 Å². The van der Waals surface area contributed by atoms with E-state index in [0.29, 0.717) is 6.54 Å². The van der Waals surface area contributed by atoms with Gasteiger partial charge in [-0.05, 0) is 36.7 Å². The first kappa shape index (κ1) is 11.8. The summed E-state index contributed by atoms with van der Waals surface area (Å²) in [6.45, 7) is 0.678. The average molecular weight is 251 g/mol. The lowest BCUT2D eigenvalue weighted by Gasteiger charge is -2.07. The van der Waals surface area contributed by atoms with Gasteiger partial charge in [-0.1, -0.05) is 24.3 Å². The Labute approximate surface area is 112 Å². The number of H-pyrrole nitrogens is 1. The zero-order valence-corrected chi connectivity index (χ0v) is 10.7. The molecule has 0 amide bonds. The first-order valence-corrected chi connectivity index (χ1v) is 6.49. The predicted octanol–water partition coefficient (Wildman–Crippen LogP) is 2.68. The van der Waals surface area contributed by atoms with Gasteiger partial charge in [-0.15, -0.1) is 0 Å². The molecular weight excluding hydrogens is 234 g/mol. The first-order valence-electron chi connectivity index (χ1n) is 6.49. The van der Waals surface area contributed by atoms with Crippen molar-refractivity contribution < 1.29 is 0 Å². The molecule has 0 radical (unpaired) electrons. The maximum atomic E-state index is 5.63. The molecule has 0 fully saturated rings. The summed E-state index contributed by atoms with van der Waals surface area (Å²) in [5, 5.41) is 4.54. The van der Waals surface area contributed by atoms with Crippen molar-refractivity contribution in [1.29, 1.82) is 0 Å². The Hall–Kier alpha value is -2.26. The third kappa shape index (κ3) is 2.33. The first-order chi connectivity index (χ1) is 9.38. The fourth-order valence-corrected chi connectivity index (χ4v) is 2.35. The number of aromatic amines is 1. The topological polar surface area (TPSA) is 53.8 Å². The molecule has 3 rings (SSSR count). The van der Waals surface area contributed by atoms with Crippen LogP contribution in [0.4, 0.5) is 0 Å². The highest BCUT2D eigenvalue weighted by atomic mass is 14.8. The maximum absolute atomic E-state index is 5.63. The zero-order chi connectivity index (χ0) is 13.1. The molecule has 4 N–H and O–H groups in total. The molecule has 1 aliphatic rings.